The molecule has 7 heteroatoms. The van der Waals surface area contributed by atoms with Gasteiger partial charge in [0.1, 0.15) is 29.5 Å². The van der Waals surface area contributed by atoms with Gasteiger partial charge in [0.15, 0.2) is 0 Å². The molecule has 24 heavy (non-hydrogen) atoms. The molecule has 0 amide bonds. The van der Waals surface area contributed by atoms with E-state index in [4.69, 9.17) is 26.3 Å². The van der Waals surface area contributed by atoms with Crippen molar-refractivity contribution in [2.75, 3.05) is 25.7 Å². The third-order valence-corrected chi connectivity index (χ3v) is 4.32. The van der Waals surface area contributed by atoms with Gasteiger partial charge in [-0.3, -0.25) is 0 Å². The van der Waals surface area contributed by atoms with Gasteiger partial charge in [-0.1, -0.05) is 11.6 Å². The van der Waals surface area contributed by atoms with Gasteiger partial charge in [0.2, 0.25) is 0 Å². The molecule has 2 heterocycles. The van der Waals surface area contributed by atoms with Gasteiger partial charge in [-0.25, -0.2) is 4.98 Å². The van der Waals surface area contributed by atoms with Gasteiger partial charge in [0.05, 0.1) is 31.4 Å². The van der Waals surface area contributed by atoms with Crippen molar-refractivity contribution < 1.29 is 14.6 Å². The molecule has 1 aliphatic heterocycles. The second-order valence-corrected chi connectivity index (χ2v) is 5.81. The average molecular weight is 346 g/mol. The minimum atomic E-state index is -0.771. The van der Waals surface area contributed by atoms with Gasteiger partial charge in [0.25, 0.3) is 0 Å². The Balaban J connectivity index is 2.05. The lowest BCUT2D eigenvalue weighted by Gasteiger charge is -2.35. The average Bonchev–Trinajstić information content (AvgIpc) is 2.60. The summed E-state index contributed by atoms with van der Waals surface area (Å²) in [6.45, 7) is 0.778. The number of aromatic nitrogens is 1. The normalized spacial score (nSPS) is 16.3. The molecule has 0 spiro atoms. The Hall–Kier alpha value is -2.49. The van der Waals surface area contributed by atoms with E-state index in [0.29, 0.717) is 41.0 Å². The maximum absolute atomic E-state index is 10.6. The number of benzene rings is 1. The highest BCUT2D eigenvalue weighted by Crippen LogP contribution is 2.41. The lowest BCUT2D eigenvalue weighted by atomic mass is 9.95. The van der Waals surface area contributed by atoms with Crippen LogP contribution >= 0.6 is 11.6 Å². The maximum atomic E-state index is 10.6. The summed E-state index contributed by atoms with van der Waals surface area (Å²) in [6.07, 6.45) is 0.693. The first-order chi connectivity index (χ1) is 11.6. The predicted octanol–water partition coefficient (Wildman–Crippen LogP) is 2.68. The molecule has 124 valence electrons. The Morgan fingerprint density at radius 3 is 2.67 bits per heavy atom. The second-order valence-electron chi connectivity index (χ2n) is 5.40. The third-order valence-electron chi connectivity index (χ3n) is 4.04. The summed E-state index contributed by atoms with van der Waals surface area (Å²) < 4.78 is 10.8. The van der Waals surface area contributed by atoms with Gasteiger partial charge in [0, 0.05) is 23.9 Å². The molecule has 0 saturated heterocycles. The number of ether oxygens (including phenoxy) is 2. The number of anilines is 1. The number of nitrogens with zero attached hydrogens (tertiary/aromatic N) is 3. The Labute approximate surface area is 144 Å². The first kappa shape index (κ1) is 16.4. The van der Waals surface area contributed by atoms with Crippen LogP contribution in [0.3, 0.4) is 0 Å². The number of fused-ring (bicyclic) bond motifs is 1. The maximum Gasteiger partial charge on any atom is 0.147 e. The highest BCUT2D eigenvalue weighted by molar-refractivity contribution is 6.33. The zero-order valence-corrected chi connectivity index (χ0v) is 14.0. The Bertz CT molecular complexity index is 819. The molecule has 0 saturated carbocycles. The molecule has 1 N–H and O–H groups in total. The molecular formula is C17H16ClN3O3. The van der Waals surface area contributed by atoms with Crippen molar-refractivity contribution in [3.8, 4) is 17.6 Å². The summed E-state index contributed by atoms with van der Waals surface area (Å²) in [5, 5.41) is 19.9. The molecule has 0 fully saturated rings. The first-order valence-corrected chi connectivity index (χ1v) is 7.69. The van der Waals surface area contributed by atoms with Crippen molar-refractivity contribution in [3.63, 3.8) is 0 Å². The lowest BCUT2D eigenvalue weighted by Crippen LogP contribution is -2.35. The zero-order chi connectivity index (χ0) is 17.3. The van der Waals surface area contributed by atoms with Gasteiger partial charge in [-0.2, -0.15) is 5.26 Å². The van der Waals surface area contributed by atoms with Crippen molar-refractivity contribution in [2.24, 2.45) is 0 Å². The summed E-state index contributed by atoms with van der Waals surface area (Å²) in [5.41, 5.74) is 1.94. The van der Waals surface area contributed by atoms with E-state index < -0.39 is 6.10 Å². The number of halogens is 1. The summed E-state index contributed by atoms with van der Waals surface area (Å²) in [7, 11) is 3.15. The van der Waals surface area contributed by atoms with Gasteiger partial charge in [-0.15, -0.1) is 0 Å². The summed E-state index contributed by atoms with van der Waals surface area (Å²) in [4.78, 5) is 6.13. The highest BCUT2D eigenvalue weighted by Gasteiger charge is 2.31. The topological polar surface area (TPSA) is 78.6 Å². The molecular weight excluding hydrogens is 330 g/mol. The van der Waals surface area contributed by atoms with Gasteiger partial charge >= 0.3 is 0 Å². The van der Waals surface area contributed by atoms with Crippen LogP contribution in [0.1, 0.15) is 22.8 Å². The summed E-state index contributed by atoms with van der Waals surface area (Å²) in [5.74, 6) is 1.81. The Morgan fingerprint density at radius 1 is 1.33 bits per heavy atom. The number of pyridine rings is 1. The van der Waals surface area contributed by atoms with Crippen molar-refractivity contribution in [2.45, 2.75) is 12.6 Å². The van der Waals surface area contributed by atoms with Crippen LogP contribution in [0.5, 0.6) is 11.5 Å². The monoisotopic (exact) mass is 345 g/mol. The van der Waals surface area contributed by atoms with Crippen LogP contribution in [0.4, 0.5) is 5.82 Å². The number of nitriles is 1. The highest BCUT2D eigenvalue weighted by atomic mass is 35.5. The van der Waals surface area contributed by atoms with E-state index >= 15 is 0 Å². The molecule has 1 aromatic heterocycles. The van der Waals surface area contributed by atoms with Crippen LogP contribution in [0, 0.1) is 11.3 Å². The number of hydrogen-bond acceptors (Lipinski definition) is 6. The number of aliphatic hydroxyl groups excluding tert-OH is 1. The number of hydrogen-bond donors (Lipinski definition) is 1. The van der Waals surface area contributed by atoms with Crippen LogP contribution in [0.25, 0.3) is 0 Å². The summed E-state index contributed by atoms with van der Waals surface area (Å²) >= 11 is 6.26. The molecule has 6 nitrogen and oxygen atoms in total. The van der Waals surface area contributed by atoms with E-state index in [2.05, 4.69) is 4.98 Å². The fourth-order valence-electron chi connectivity index (χ4n) is 2.96. The lowest BCUT2D eigenvalue weighted by molar-refractivity contribution is 0.169. The molecule has 1 aliphatic rings. The Morgan fingerprint density at radius 2 is 2.04 bits per heavy atom. The molecule has 0 bridgehead atoms. The SMILES string of the molecule is COc1ccc(OC)c2c1CN(c1ncc(C#N)cc1Cl)CC2O. The van der Waals surface area contributed by atoms with Gasteiger partial charge < -0.3 is 19.5 Å². The van der Waals surface area contributed by atoms with E-state index in [9.17, 15) is 5.11 Å². The standard InChI is InChI=1S/C17H16ClN3O3/c1-23-14-3-4-15(24-2)16-11(14)8-21(9-13(16)22)17-12(18)5-10(6-19)7-20-17/h3-5,7,13,22H,8-9H2,1-2H3. The van der Waals surface area contributed by atoms with Crippen LogP contribution in [-0.2, 0) is 6.54 Å². The first-order valence-electron chi connectivity index (χ1n) is 7.31. The van der Waals surface area contributed by atoms with Crippen LogP contribution in [0.2, 0.25) is 5.02 Å². The van der Waals surface area contributed by atoms with Crippen molar-refractivity contribution in [3.05, 3.63) is 46.1 Å². The van der Waals surface area contributed by atoms with E-state index in [1.807, 2.05) is 17.0 Å². The predicted molar refractivity (Wildman–Crippen MR) is 89.5 cm³/mol. The number of methoxy groups -OCH3 is 2. The molecule has 2 aromatic rings. The zero-order valence-electron chi connectivity index (χ0n) is 13.3. The van der Waals surface area contributed by atoms with Crippen LogP contribution < -0.4 is 14.4 Å². The van der Waals surface area contributed by atoms with E-state index in [0.717, 1.165) is 11.1 Å². The number of aliphatic hydroxyl groups is 1. The molecule has 3 rings (SSSR count). The number of β-amino-alcohol motifs (C(OH)–C–C–N with tert-alkyl or cyclic N) is 1. The minimum absolute atomic E-state index is 0.315. The fourth-order valence-corrected chi connectivity index (χ4v) is 3.25. The third kappa shape index (κ3) is 2.73. The quantitative estimate of drug-likeness (QED) is 0.921. The fraction of sp³-hybridized carbons (Fsp3) is 0.294. The molecule has 0 aliphatic carbocycles. The van der Waals surface area contributed by atoms with Crippen LogP contribution in [-0.4, -0.2) is 30.9 Å². The number of rotatable bonds is 3. The largest absolute Gasteiger partial charge is 0.496 e. The van der Waals surface area contributed by atoms with E-state index in [-0.39, 0.29) is 0 Å². The molecule has 1 unspecified atom stereocenters. The van der Waals surface area contributed by atoms with Crippen molar-refractivity contribution in [1.82, 2.24) is 4.98 Å². The van der Waals surface area contributed by atoms with Crippen molar-refractivity contribution in [1.29, 1.82) is 5.26 Å². The summed E-state index contributed by atoms with van der Waals surface area (Å²) in [6, 6.07) is 7.16. The van der Waals surface area contributed by atoms with Gasteiger partial charge in [-0.05, 0) is 18.2 Å². The smallest absolute Gasteiger partial charge is 0.147 e. The van der Waals surface area contributed by atoms with Crippen LogP contribution in [0.15, 0.2) is 24.4 Å². The van der Waals surface area contributed by atoms with E-state index in [1.165, 1.54) is 6.20 Å². The van der Waals surface area contributed by atoms with E-state index in [1.54, 1.807) is 26.4 Å². The van der Waals surface area contributed by atoms with Crippen molar-refractivity contribution >= 4 is 17.4 Å². The minimum Gasteiger partial charge on any atom is -0.496 e. The molecule has 0 radical (unpaired) electrons. The Kier molecular flexibility index (Phi) is 4.47. The second kappa shape index (κ2) is 6.56. The molecule has 1 aromatic carbocycles. The molecule has 1 atom stereocenters.